The molecule has 0 spiro atoms. The van der Waals surface area contributed by atoms with E-state index in [1.54, 1.807) is 0 Å². The van der Waals surface area contributed by atoms with Gasteiger partial charge in [-0.25, -0.2) is 0 Å². The average molecular weight is 319 g/mol. The number of halogens is 1. The number of fused-ring (bicyclic) bond motifs is 2. The van der Waals surface area contributed by atoms with Crippen molar-refractivity contribution in [1.29, 1.82) is 0 Å². The van der Waals surface area contributed by atoms with Gasteiger partial charge in [0.2, 0.25) is 0 Å². The summed E-state index contributed by atoms with van der Waals surface area (Å²) in [6, 6.07) is 4.56. The van der Waals surface area contributed by atoms with Gasteiger partial charge in [0.1, 0.15) is 5.76 Å². The fourth-order valence-electron chi connectivity index (χ4n) is 2.53. The maximum Gasteiger partial charge on any atom is 0.164 e. The summed E-state index contributed by atoms with van der Waals surface area (Å²) in [7, 11) is 0. The number of furan rings is 1. The standard InChI is InChI=1S/C11H14INO2/c12-11-4-2-8(15-11)6-13-9-5-7-1-3-10(9)14-7/h2,4,7,9-10,13H,1,3,5-6H2. The minimum Gasteiger partial charge on any atom is -0.454 e. The predicted molar refractivity (Wildman–Crippen MR) is 64.6 cm³/mol. The molecule has 2 saturated heterocycles. The van der Waals surface area contributed by atoms with Gasteiger partial charge in [0, 0.05) is 6.04 Å². The topological polar surface area (TPSA) is 34.4 Å². The van der Waals surface area contributed by atoms with Crippen LogP contribution in [0.3, 0.4) is 0 Å². The molecule has 2 bridgehead atoms. The van der Waals surface area contributed by atoms with Gasteiger partial charge in [0.25, 0.3) is 0 Å². The summed E-state index contributed by atoms with van der Waals surface area (Å²) in [6.45, 7) is 0.820. The van der Waals surface area contributed by atoms with Gasteiger partial charge in [-0.3, -0.25) is 0 Å². The number of hydrogen-bond acceptors (Lipinski definition) is 3. The molecule has 2 fully saturated rings. The van der Waals surface area contributed by atoms with Crippen molar-refractivity contribution in [3.8, 4) is 0 Å². The minimum atomic E-state index is 0.448. The van der Waals surface area contributed by atoms with E-state index in [9.17, 15) is 0 Å². The number of hydrogen-bond donors (Lipinski definition) is 1. The van der Waals surface area contributed by atoms with Crippen LogP contribution in [0.25, 0.3) is 0 Å². The van der Waals surface area contributed by atoms with E-state index in [2.05, 4.69) is 27.9 Å². The molecule has 3 nitrogen and oxygen atoms in total. The molecule has 3 heterocycles. The van der Waals surface area contributed by atoms with Crippen LogP contribution in [0.2, 0.25) is 0 Å². The molecule has 2 aliphatic rings. The highest BCUT2D eigenvalue weighted by Crippen LogP contribution is 2.34. The van der Waals surface area contributed by atoms with Crippen molar-refractivity contribution in [3.05, 3.63) is 21.7 Å². The summed E-state index contributed by atoms with van der Waals surface area (Å²) in [5.74, 6) is 1.02. The van der Waals surface area contributed by atoms with Crippen molar-refractivity contribution in [1.82, 2.24) is 5.32 Å². The first kappa shape index (κ1) is 10.1. The first-order valence-corrected chi connectivity index (χ1v) is 6.52. The van der Waals surface area contributed by atoms with Crippen molar-refractivity contribution >= 4 is 22.6 Å². The van der Waals surface area contributed by atoms with Gasteiger partial charge in [-0.2, -0.15) is 0 Å². The third-order valence-electron chi connectivity index (χ3n) is 3.27. The lowest BCUT2D eigenvalue weighted by Gasteiger charge is -2.19. The summed E-state index contributed by atoms with van der Waals surface area (Å²) in [6.07, 6.45) is 4.61. The number of rotatable bonds is 3. The maximum atomic E-state index is 5.78. The van der Waals surface area contributed by atoms with Crippen molar-refractivity contribution in [2.45, 2.75) is 44.1 Å². The molecule has 0 saturated carbocycles. The fourth-order valence-corrected chi connectivity index (χ4v) is 2.99. The molecule has 3 atom stereocenters. The lowest BCUT2D eigenvalue weighted by Crippen LogP contribution is -2.36. The van der Waals surface area contributed by atoms with Crippen LogP contribution in [0.5, 0.6) is 0 Å². The Morgan fingerprint density at radius 1 is 1.40 bits per heavy atom. The van der Waals surface area contributed by atoms with E-state index < -0.39 is 0 Å². The Balaban J connectivity index is 1.54. The van der Waals surface area contributed by atoms with E-state index >= 15 is 0 Å². The first-order valence-electron chi connectivity index (χ1n) is 5.44. The van der Waals surface area contributed by atoms with Gasteiger partial charge >= 0.3 is 0 Å². The normalized spacial score (nSPS) is 33.8. The molecule has 0 amide bonds. The Morgan fingerprint density at radius 3 is 2.93 bits per heavy atom. The third kappa shape index (κ3) is 2.07. The number of nitrogens with one attached hydrogen (secondary N) is 1. The highest BCUT2D eigenvalue weighted by molar-refractivity contribution is 14.1. The molecule has 0 radical (unpaired) electrons. The van der Waals surface area contributed by atoms with E-state index in [4.69, 9.17) is 9.15 Å². The van der Waals surface area contributed by atoms with Crippen molar-refractivity contribution < 1.29 is 9.15 Å². The second-order valence-electron chi connectivity index (χ2n) is 4.30. The summed E-state index contributed by atoms with van der Waals surface area (Å²) in [5.41, 5.74) is 0. The Morgan fingerprint density at radius 2 is 2.33 bits per heavy atom. The zero-order chi connectivity index (χ0) is 10.3. The molecular weight excluding hydrogens is 305 g/mol. The van der Waals surface area contributed by atoms with E-state index in [0.717, 1.165) is 16.1 Å². The zero-order valence-electron chi connectivity index (χ0n) is 8.41. The van der Waals surface area contributed by atoms with Crippen LogP contribution in [0.1, 0.15) is 25.0 Å². The highest BCUT2D eigenvalue weighted by Gasteiger charge is 2.40. The summed E-state index contributed by atoms with van der Waals surface area (Å²) < 4.78 is 12.2. The maximum absolute atomic E-state index is 5.78. The smallest absolute Gasteiger partial charge is 0.164 e. The van der Waals surface area contributed by atoms with Crippen LogP contribution in [-0.4, -0.2) is 18.2 Å². The average Bonchev–Trinajstić information content (AvgIpc) is 2.90. The second kappa shape index (κ2) is 4.07. The Hall–Kier alpha value is -0.0700. The van der Waals surface area contributed by atoms with Gasteiger partial charge in [-0.05, 0) is 54.0 Å². The summed E-state index contributed by atoms with van der Waals surface area (Å²) in [4.78, 5) is 0. The molecular formula is C11H14INO2. The third-order valence-corrected chi connectivity index (χ3v) is 3.85. The first-order chi connectivity index (χ1) is 7.31. The zero-order valence-corrected chi connectivity index (χ0v) is 10.6. The SMILES string of the molecule is Ic1ccc(CNC2CC3CCC2O3)o1. The molecule has 1 aromatic heterocycles. The predicted octanol–water partition coefficient (Wildman–Crippen LogP) is 2.29. The van der Waals surface area contributed by atoms with Crippen molar-refractivity contribution in [2.75, 3.05) is 0 Å². The van der Waals surface area contributed by atoms with Crippen LogP contribution in [-0.2, 0) is 11.3 Å². The molecule has 0 aliphatic carbocycles. The van der Waals surface area contributed by atoms with Crippen LogP contribution in [0.15, 0.2) is 16.5 Å². The molecule has 2 aliphatic heterocycles. The van der Waals surface area contributed by atoms with Crippen molar-refractivity contribution in [3.63, 3.8) is 0 Å². The Kier molecular flexibility index (Phi) is 2.74. The lowest BCUT2D eigenvalue weighted by atomic mass is 9.95. The van der Waals surface area contributed by atoms with Crippen LogP contribution >= 0.6 is 22.6 Å². The molecule has 1 N–H and O–H groups in total. The van der Waals surface area contributed by atoms with Gasteiger partial charge in [-0.15, -0.1) is 0 Å². The van der Waals surface area contributed by atoms with Crippen LogP contribution in [0.4, 0.5) is 0 Å². The molecule has 1 aromatic rings. The number of ether oxygens (including phenoxy) is 1. The van der Waals surface area contributed by atoms with E-state index in [0.29, 0.717) is 18.2 Å². The Bertz CT molecular complexity index is 352. The highest BCUT2D eigenvalue weighted by atomic mass is 127. The van der Waals surface area contributed by atoms with Crippen molar-refractivity contribution in [2.24, 2.45) is 0 Å². The summed E-state index contributed by atoms with van der Waals surface area (Å²) in [5, 5.41) is 3.52. The molecule has 3 unspecified atom stereocenters. The largest absolute Gasteiger partial charge is 0.454 e. The second-order valence-corrected chi connectivity index (χ2v) is 5.37. The van der Waals surface area contributed by atoms with Gasteiger partial charge in [-0.1, -0.05) is 0 Å². The van der Waals surface area contributed by atoms with Gasteiger partial charge in [0.05, 0.1) is 18.8 Å². The van der Waals surface area contributed by atoms with E-state index in [1.165, 1.54) is 19.3 Å². The molecule has 15 heavy (non-hydrogen) atoms. The van der Waals surface area contributed by atoms with E-state index in [1.807, 2.05) is 12.1 Å². The van der Waals surface area contributed by atoms with Gasteiger partial charge in [0.15, 0.2) is 3.77 Å². The summed E-state index contributed by atoms with van der Waals surface area (Å²) >= 11 is 2.19. The molecule has 0 aromatic carbocycles. The Labute approximate surface area is 103 Å². The quantitative estimate of drug-likeness (QED) is 0.868. The fraction of sp³-hybridized carbons (Fsp3) is 0.636. The monoisotopic (exact) mass is 319 g/mol. The lowest BCUT2D eigenvalue weighted by molar-refractivity contribution is 0.0970. The molecule has 4 heteroatoms. The molecule has 3 rings (SSSR count). The van der Waals surface area contributed by atoms with E-state index in [-0.39, 0.29) is 0 Å². The molecule has 82 valence electrons. The minimum absolute atomic E-state index is 0.448. The van der Waals surface area contributed by atoms with Crippen LogP contribution < -0.4 is 5.32 Å². The van der Waals surface area contributed by atoms with Gasteiger partial charge < -0.3 is 14.5 Å². The van der Waals surface area contributed by atoms with Crippen LogP contribution in [0, 0.1) is 3.77 Å².